The largest absolute Gasteiger partial charge is 0.488 e. The average Bonchev–Trinajstić information content (AvgIpc) is 3.09. The fourth-order valence-electron chi connectivity index (χ4n) is 3.60. The number of nitrogens with one attached hydrogen (secondary N) is 2. The second kappa shape index (κ2) is 7.49. The molecule has 0 saturated carbocycles. The van der Waals surface area contributed by atoms with Crippen LogP contribution in [0.15, 0.2) is 54.6 Å². The van der Waals surface area contributed by atoms with Crippen molar-refractivity contribution in [1.29, 1.82) is 0 Å². The Bertz CT molecular complexity index is 989. The van der Waals surface area contributed by atoms with Gasteiger partial charge in [-0.05, 0) is 28.6 Å². The smallest absolute Gasteiger partial charge is 0.221 e. The van der Waals surface area contributed by atoms with E-state index >= 15 is 0 Å². The molecule has 0 bridgehead atoms. The second-order valence-electron chi connectivity index (χ2n) is 6.78. The highest BCUT2D eigenvalue weighted by atomic mass is 35.5. The van der Waals surface area contributed by atoms with Gasteiger partial charge in [0.1, 0.15) is 12.4 Å². The van der Waals surface area contributed by atoms with Gasteiger partial charge in [0.2, 0.25) is 5.91 Å². The van der Waals surface area contributed by atoms with Crippen LogP contribution in [0.2, 0.25) is 0 Å². The van der Waals surface area contributed by atoms with Crippen molar-refractivity contribution < 1.29 is 9.53 Å². The number of hydrogen-bond donors (Lipinski definition) is 2. The van der Waals surface area contributed by atoms with Gasteiger partial charge in [0.05, 0.1) is 0 Å². The van der Waals surface area contributed by atoms with Crippen molar-refractivity contribution in [3.63, 3.8) is 0 Å². The number of carbonyl (C=O) groups excluding carboxylic acids is 1. The van der Waals surface area contributed by atoms with Crippen LogP contribution in [-0.4, -0.2) is 18.3 Å². The predicted octanol–water partition coefficient (Wildman–Crippen LogP) is 5.13. The van der Waals surface area contributed by atoms with Crippen molar-refractivity contribution >= 4 is 39.7 Å². The van der Waals surface area contributed by atoms with Gasteiger partial charge in [-0.15, -0.1) is 11.6 Å². The lowest BCUT2D eigenvalue weighted by atomic mass is 9.95. The molecule has 0 aromatic heterocycles. The van der Waals surface area contributed by atoms with E-state index in [0.29, 0.717) is 12.5 Å². The molecule has 138 valence electrons. The maximum atomic E-state index is 11.5. The van der Waals surface area contributed by atoms with Crippen molar-refractivity contribution in [1.82, 2.24) is 0 Å². The number of carbonyl (C=O) groups is 1. The molecular weight excluding hydrogens is 360 g/mol. The van der Waals surface area contributed by atoms with Gasteiger partial charge in [0.25, 0.3) is 0 Å². The fraction of sp³-hybridized carbons (Fsp3) is 0.227. The zero-order valence-corrected chi connectivity index (χ0v) is 15.8. The van der Waals surface area contributed by atoms with Crippen LogP contribution < -0.4 is 15.4 Å². The molecule has 4 rings (SSSR count). The molecular formula is C22H21ClN2O2. The van der Waals surface area contributed by atoms with E-state index in [1.54, 1.807) is 0 Å². The number of alkyl halides is 1. The lowest BCUT2D eigenvalue weighted by Crippen LogP contribution is -2.06. The first-order valence-corrected chi connectivity index (χ1v) is 9.54. The first-order valence-electron chi connectivity index (χ1n) is 9.00. The summed E-state index contributed by atoms with van der Waals surface area (Å²) in [6, 6.07) is 18.1. The Morgan fingerprint density at radius 1 is 1.19 bits per heavy atom. The van der Waals surface area contributed by atoms with Gasteiger partial charge in [-0.1, -0.05) is 36.4 Å². The van der Waals surface area contributed by atoms with Crippen molar-refractivity contribution in [3.8, 4) is 5.75 Å². The van der Waals surface area contributed by atoms with Gasteiger partial charge in [-0.2, -0.15) is 0 Å². The highest BCUT2D eigenvalue weighted by Crippen LogP contribution is 2.43. The number of halogens is 1. The Morgan fingerprint density at radius 2 is 2.00 bits per heavy atom. The number of rotatable bonds is 5. The highest BCUT2D eigenvalue weighted by molar-refractivity contribution is 6.18. The maximum Gasteiger partial charge on any atom is 0.221 e. The first kappa shape index (κ1) is 17.7. The van der Waals surface area contributed by atoms with E-state index in [1.165, 1.54) is 12.5 Å². The SMILES string of the molecule is CC(=O)Nc1ccc2c3c(cc(OCc4ccccc4)c2c1)NCC3CCl. The van der Waals surface area contributed by atoms with Crippen molar-refractivity contribution in [2.45, 2.75) is 19.4 Å². The zero-order chi connectivity index (χ0) is 18.8. The van der Waals surface area contributed by atoms with Crippen LogP contribution in [0, 0.1) is 0 Å². The highest BCUT2D eigenvalue weighted by Gasteiger charge is 2.26. The molecule has 0 radical (unpaired) electrons. The summed E-state index contributed by atoms with van der Waals surface area (Å²) >= 11 is 6.19. The minimum Gasteiger partial charge on any atom is -0.488 e. The van der Waals surface area contributed by atoms with Gasteiger partial charge < -0.3 is 15.4 Å². The summed E-state index contributed by atoms with van der Waals surface area (Å²) in [6.45, 7) is 2.81. The van der Waals surface area contributed by atoms with E-state index in [2.05, 4.69) is 10.6 Å². The van der Waals surface area contributed by atoms with Crippen LogP contribution in [0.25, 0.3) is 10.8 Å². The van der Waals surface area contributed by atoms with Crippen LogP contribution in [-0.2, 0) is 11.4 Å². The molecule has 2 N–H and O–H groups in total. The summed E-state index contributed by atoms with van der Waals surface area (Å²) < 4.78 is 6.17. The van der Waals surface area contributed by atoms with E-state index in [-0.39, 0.29) is 11.8 Å². The quantitative estimate of drug-likeness (QED) is 0.603. The van der Waals surface area contributed by atoms with Gasteiger partial charge in [-0.3, -0.25) is 4.79 Å². The van der Waals surface area contributed by atoms with Crippen LogP contribution in [0.1, 0.15) is 24.0 Å². The Balaban J connectivity index is 1.78. The molecule has 1 amide bonds. The van der Waals surface area contributed by atoms with Gasteiger partial charge in [0.15, 0.2) is 0 Å². The second-order valence-corrected chi connectivity index (χ2v) is 7.09. The molecule has 4 nitrogen and oxygen atoms in total. The third-order valence-corrected chi connectivity index (χ3v) is 5.20. The van der Waals surface area contributed by atoms with E-state index in [0.717, 1.165) is 40.0 Å². The van der Waals surface area contributed by atoms with E-state index in [9.17, 15) is 4.79 Å². The lowest BCUT2D eigenvalue weighted by molar-refractivity contribution is -0.114. The topological polar surface area (TPSA) is 50.4 Å². The number of hydrogen-bond acceptors (Lipinski definition) is 3. The summed E-state index contributed by atoms with van der Waals surface area (Å²) in [4.78, 5) is 11.5. The molecule has 1 aliphatic heterocycles. The Morgan fingerprint density at radius 3 is 2.74 bits per heavy atom. The molecule has 5 heteroatoms. The number of fused-ring (bicyclic) bond motifs is 3. The molecule has 27 heavy (non-hydrogen) atoms. The molecule has 0 fully saturated rings. The van der Waals surface area contributed by atoms with Gasteiger partial charge in [-0.25, -0.2) is 0 Å². The molecule has 3 aromatic rings. The number of anilines is 2. The lowest BCUT2D eigenvalue weighted by Gasteiger charge is -2.16. The Hall–Kier alpha value is -2.72. The summed E-state index contributed by atoms with van der Waals surface area (Å²) in [7, 11) is 0. The predicted molar refractivity (Wildman–Crippen MR) is 111 cm³/mol. The van der Waals surface area contributed by atoms with Gasteiger partial charge >= 0.3 is 0 Å². The Kier molecular flexibility index (Phi) is 4.90. The zero-order valence-electron chi connectivity index (χ0n) is 15.1. The molecule has 1 atom stereocenters. The summed E-state index contributed by atoms with van der Waals surface area (Å²) in [5.74, 6) is 1.52. The minimum atomic E-state index is -0.0948. The maximum absolute atomic E-state index is 11.5. The normalized spacial score (nSPS) is 15.3. The van der Waals surface area contributed by atoms with Crippen LogP contribution in [0.4, 0.5) is 11.4 Å². The molecule has 3 aromatic carbocycles. The molecule has 0 aliphatic carbocycles. The van der Waals surface area contributed by atoms with Crippen LogP contribution >= 0.6 is 11.6 Å². The molecule has 1 heterocycles. The van der Waals surface area contributed by atoms with Crippen molar-refractivity contribution in [2.24, 2.45) is 0 Å². The Labute approximate surface area is 163 Å². The monoisotopic (exact) mass is 380 g/mol. The van der Waals surface area contributed by atoms with E-state index < -0.39 is 0 Å². The summed E-state index contributed by atoms with van der Waals surface area (Å²) in [6.07, 6.45) is 0. The minimum absolute atomic E-state index is 0.0948. The van der Waals surface area contributed by atoms with Crippen molar-refractivity contribution in [3.05, 3.63) is 65.7 Å². The molecule has 0 saturated heterocycles. The molecule has 1 unspecified atom stereocenters. The fourth-order valence-corrected chi connectivity index (χ4v) is 3.87. The van der Waals surface area contributed by atoms with Crippen LogP contribution in [0.3, 0.4) is 0 Å². The average molecular weight is 381 g/mol. The molecule has 1 aliphatic rings. The van der Waals surface area contributed by atoms with Gasteiger partial charge in [0, 0.05) is 48.1 Å². The summed E-state index contributed by atoms with van der Waals surface area (Å²) in [5, 5.41) is 8.39. The first-order chi connectivity index (χ1) is 13.2. The van der Waals surface area contributed by atoms with E-state index in [1.807, 2.05) is 54.6 Å². The summed E-state index contributed by atoms with van der Waals surface area (Å²) in [5.41, 5.74) is 4.16. The van der Waals surface area contributed by atoms with Crippen LogP contribution in [0.5, 0.6) is 5.75 Å². The third kappa shape index (κ3) is 3.58. The van der Waals surface area contributed by atoms with E-state index in [4.69, 9.17) is 16.3 Å². The number of amides is 1. The van der Waals surface area contributed by atoms with Crippen molar-refractivity contribution in [2.75, 3.05) is 23.1 Å². The number of benzene rings is 3. The molecule has 0 spiro atoms. The standard InChI is InChI=1S/C22H21ClN2O2/c1-14(26)25-17-7-8-18-19(9-17)21(27-13-15-5-3-2-4-6-15)10-20-22(18)16(11-23)12-24-20/h2-10,16,24H,11-13H2,1H3,(H,25,26). The number of ether oxygens (including phenoxy) is 1. The third-order valence-electron chi connectivity index (χ3n) is 4.83.